The van der Waals surface area contributed by atoms with Gasteiger partial charge in [0.05, 0.1) is 0 Å². The van der Waals surface area contributed by atoms with Crippen LogP contribution in [0.1, 0.15) is 12.5 Å². The van der Waals surface area contributed by atoms with Gasteiger partial charge in [0.25, 0.3) is 0 Å². The molecule has 0 aliphatic rings. The van der Waals surface area contributed by atoms with E-state index in [2.05, 4.69) is 11.6 Å². The Morgan fingerprint density at radius 1 is 1.47 bits per heavy atom. The molecular formula is C13H13F2NO. The lowest BCUT2D eigenvalue weighted by Crippen LogP contribution is -1.99. The van der Waals surface area contributed by atoms with E-state index in [9.17, 15) is 8.78 Å². The number of hydrogen-bond acceptors (Lipinski definition) is 2. The van der Waals surface area contributed by atoms with E-state index in [0.29, 0.717) is 0 Å². The lowest BCUT2D eigenvalue weighted by molar-refractivity contribution is 0.370. The van der Waals surface area contributed by atoms with Crippen LogP contribution in [0.3, 0.4) is 0 Å². The summed E-state index contributed by atoms with van der Waals surface area (Å²) in [5.41, 5.74) is 0.880. The molecule has 1 aromatic rings. The molecule has 1 rings (SSSR count). The van der Waals surface area contributed by atoms with Gasteiger partial charge in [-0.3, -0.25) is 0 Å². The maximum atomic E-state index is 13.4. The molecule has 4 heteroatoms. The lowest BCUT2D eigenvalue weighted by atomic mass is 10.3. The first-order chi connectivity index (χ1) is 8.04. The Morgan fingerprint density at radius 2 is 2.18 bits per heavy atom. The predicted molar refractivity (Wildman–Crippen MR) is 62.8 cm³/mol. The van der Waals surface area contributed by atoms with Crippen LogP contribution in [0.25, 0.3) is 0 Å². The highest BCUT2D eigenvalue weighted by molar-refractivity contribution is 5.31. The maximum Gasteiger partial charge on any atom is 0.219 e. The van der Waals surface area contributed by atoms with Gasteiger partial charge < -0.3 is 4.74 Å². The average molecular weight is 237 g/mol. The van der Waals surface area contributed by atoms with Crippen LogP contribution in [0.2, 0.25) is 0 Å². The first kappa shape index (κ1) is 13.1. The van der Waals surface area contributed by atoms with Crippen molar-refractivity contribution < 1.29 is 13.5 Å². The number of aryl methyl sites for hydroxylation is 1. The molecule has 1 heterocycles. The zero-order chi connectivity index (χ0) is 12.8. The molecule has 0 saturated heterocycles. The summed E-state index contributed by atoms with van der Waals surface area (Å²) in [7, 11) is 0. The third kappa shape index (κ3) is 3.83. The molecule has 1 aromatic heterocycles. The molecular weight excluding hydrogens is 224 g/mol. The van der Waals surface area contributed by atoms with E-state index in [4.69, 9.17) is 4.74 Å². The molecule has 17 heavy (non-hydrogen) atoms. The molecule has 0 fully saturated rings. The summed E-state index contributed by atoms with van der Waals surface area (Å²) >= 11 is 0. The topological polar surface area (TPSA) is 22.1 Å². The van der Waals surface area contributed by atoms with Gasteiger partial charge in [-0.05, 0) is 31.6 Å². The molecule has 0 aromatic carbocycles. The highest BCUT2D eigenvalue weighted by atomic mass is 19.1. The summed E-state index contributed by atoms with van der Waals surface area (Å²) in [5, 5.41) is 0. The van der Waals surface area contributed by atoms with E-state index in [1.807, 2.05) is 6.92 Å². The molecule has 0 unspecified atom stereocenters. The number of pyridine rings is 1. The van der Waals surface area contributed by atoms with Crippen LogP contribution in [0.5, 0.6) is 5.88 Å². The van der Waals surface area contributed by atoms with E-state index in [-0.39, 0.29) is 5.88 Å². The molecule has 0 radical (unpaired) electrons. The highest BCUT2D eigenvalue weighted by Gasteiger charge is 2.12. The Hall–Kier alpha value is -1.97. The molecule has 90 valence electrons. The van der Waals surface area contributed by atoms with Gasteiger partial charge in [0, 0.05) is 12.3 Å². The largest absolute Gasteiger partial charge is 0.433 e. The molecule has 2 nitrogen and oxygen atoms in total. The van der Waals surface area contributed by atoms with Gasteiger partial charge >= 0.3 is 0 Å². The molecule has 0 aliphatic heterocycles. The fraction of sp³-hybridized carbons (Fsp3) is 0.154. The number of rotatable bonds is 4. The Balaban J connectivity index is 3.04. The number of aromatic nitrogens is 1. The summed E-state index contributed by atoms with van der Waals surface area (Å²) in [5.74, 6) is -2.24. The van der Waals surface area contributed by atoms with Crippen molar-refractivity contribution in [2.24, 2.45) is 0 Å². The summed E-state index contributed by atoms with van der Waals surface area (Å²) in [4.78, 5) is 3.85. The van der Waals surface area contributed by atoms with E-state index < -0.39 is 17.4 Å². The standard InChI is InChI=1S/C13H13F2NO/c1-4-5-11(15)13(10(3)14)17-12-8-9(2)6-7-16-12/h4-8H,3H2,1-2H3/b5-4-,13-11-. The van der Waals surface area contributed by atoms with Gasteiger partial charge in [-0.15, -0.1) is 0 Å². The van der Waals surface area contributed by atoms with Crippen LogP contribution in [0, 0.1) is 6.92 Å². The van der Waals surface area contributed by atoms with Gasteiger partial charge in [0.15, 0.2) is 17.4 Å². The second kappa shape index (κ2) is 5.94. The van der Waals surface area contributed by atoms with Crippen LogP contribution in [0.15, 0.2) is 54.5 Å². The van der Waals surface area contributed by atoms with E-state index in [1.165, 1.54) is 12.3 Å². The molecule has 0 N–H and O–H groups in total. The van der Waals surface area contributed by atoms with Gasteiger partial charge in [-0.2, -0.15) is 0 Å². The van der Waals surface area contributed by atoms with Crippen molar-refractivity contribution in [2.45, 2.75) is 13.8 Å². The second-order valence-corrected chi connectivity index (χ2v) is 3.36. The molecule has 0 saturated carbocycles. The predicted octanol–water partition coefficient (Wildman–Crippen LogP) is 4.01. The van der Waals surface area contributed by atoms with Crippen LogP contribution in [-0.2, 0) is 0 Å². The first-order valence-corrected chi connectivity index (χ1v) is 5.02. The number of nitrogens with zero attached hydrogens (tertiary/aromatic N) is 1. The lowest BCUT2D eigenvalue weighted by Gasteiger charge is -2.07. The van der Waals surface area contributed by atoms with Crippen molar-refractivity contribution in [3.63, 3.8) is 0 Å². The number of halogens is 2. The third-order valence-electron chi connectivity index (χ3n) is 1.87. The van der Waals surface area contributed by atoms with Gasteiger partial charge in [0.1, 0.15) is 0 Å². The maximum absolute atomic E-state index is 13.4. The zero-order valence-corrected chi connectivity index (χ0v) is 9.71. The minimum atomic E-state index is -0.982. The molecule has 0 bridgehead atoms. The number of ether oxygens (including phenoxy) is 1. The van der Waals surface area contributed by atoms with E-state index >= 15 is 0 Å². The van der Waals surface area contributed by atoms with Crippen molar-refractivity contribution in [1.29, 1.82) is 0 Å². The molecule has 0 amide bonds. The van der Waals surface area contributed by atoms with Crippen molar-refractivity contribution in [3.8, 4) is 5.88 Å². The fourth-order valence-electron chi connectivity index (χ4n) is 1.12. The average Bonchev–Trinajstić information content (AvgIpc) is 2.26. The monoisotopic (exact) mass is 237 g/mol. The number of hydrogen-bond donors (Lipinski definition) is 0. The van der Waals surface area contributed by atoms with Crippen LogP contribution < -0.4 is 4.74 Å². The summed E-state index contributed by atoms with van der Waals surface area (Å²) < 4.78 is 31.5. The minimum Gasteiger partial charge on any atom is -0.433 e. The summed E-state index contributed by atoms with van der Waals surface area (Å²) in [6, 6.07) is 3.33. The van der Waals surface area contributed by atoms with Crippen LogP contribution in [0.4, 0.5) is 8.78 Å². The Morgan fingerprint density at radius 3 is 2.71 bits per heavy atom. The van der Waals surface area contributed by atoms with Gasteiger partial charge in [-0.25, -0.2) is 13.8 Å². The Labute approximate surface area is 98.9 Å². The van der Waals surface area contributed by atoms with Crippen molar-refractivity contribution >= 4 is 0 Å². The summed E-state index contributed by atoms with van der Waals surface area (Å²) in [6.45, 7) is 6.46. The normalized spacial score (nSPS) is 12.5. The second-order valence-electron chi connectivity index (χ2n) is 3.36. The molecule has 0 atom stereocenters. The molecule has 0 spiro atoms. The SMILES string of the molecule is C=C(F)/C(Oc1cc(C)ccn1)=C(F)\C=C/C. The quantitative estimate of drug-likeness (QED) is 0.583. The summed E-state index contributed by atoms with van der Waals surface area (Å²) in [6.07, 6.45) is 4.03. The smallest absolute Gasteiger partial charge is 0.219 e. The van der Waals surface area contributed by atoms with Crippen molar-refractivity contribution in [3.05, 3.63) is 60.0 Å². The van der Waals surface area contributed by atoms with Crippen LogP contribution >= 0.6 is 0 Å². The minimum absolute atomic E-state index is 0.124. The third-order valence-corrected chi connectivity index (χ3v) is 1.87. The zero-order valence-electron chi connectivity index (χ0n) is 9.71. The number of allylic oxidation sites excluding steroid dienone is 4. The van der Waals surface area contributed by atoms with E-state index in [1.54, 1.807) is 19.1 Å². The Bertz CT molecular complexity index is 478. The molecule has 0 aliphatic carbocycles. The highest BCUT2D eigenvalue weighted by Crippen LogP contribution is 2.21. The van der Waals surface area contributed by atoms with Crippen molar-refractivity contribution in [2.75, 3.05) is 0 Å². The van der Waals surface area contributed by atoms with E-state index in [0.717, 1.165) is 11.6 Å². The van der Waals surface area contributed by atoms with Crippen molar-refractivity contribution in [1.82, 2.24) is 4.98 Å². The first-order valence-electron chi connectivity index (χ1n) is 5.02. The van der Waals surface area contributed by atoms with Gasteiger partial charge in [0.2, 0.25) is 5.88 Å². The Kier molecular flexibility index (Phi) is 4.57. The van der Waals surface area contributed by atoms with Crippen LogP contribution in [-0.4, -0.2) is 4.98 Å². The van der Waals surface area contributed by atoms with Gasteiger partial charge in [-0.1, -0.05) is 12.7 Å². The fourth-order valence-corrected chi connectivity index (χ4v) is 1.12.